The van der Waals surface area contributed by atoms with Crippen LogP contribution in [0.4, 0.5) is 0 Å². The summed E-state index contributed by atoms with van der Waals surface area (Å²) in [5.74, 6) is -0.752. The number of methoxy groups -OCH3 is 1. The van der Waals surface area contributed by atoms with Gasteiger partial charge in [0.25, 0.3) is 0 Å². The monoisotopic (exact) mass is 354 g/mol. The second-order valence-electron chi connectivity index (χ2n) is 4.82. The Bertz CT molecular complexity index is 600. The van der Waals surface area contributed by atoms with Crippen LogP contribution in [0.1, 0.15) is 43.0 Å². The fourth-order valence-electron chi connectivity index (χ4n) is 2.00. The lowest BCUT2D eigenvalue weighted by Crippen LogP contribution is -2.52. The quantitative estimate of drug-likeness (QED) is 0.719. The Balaban J connectivity index is 0.00000441. The lowest BCUT2D eigenvalue weighted by atomic mass is 9.95. The summed E-state index contributed by atoms with van der Waals surface area (Å²) < 4.78 is 37.3. The van der Waals surface area contributed by atoms with Crippen LogP contribution in [0.15, 0.2) is 15.4 Å². The first-order valence-electron chi connectivity index (χ1n) is 6.68. The van der Waals surface area contributed by atoms with Crippen molar-refractivity contribution in [3.05, 3.63) is 17.6 Å². The van der Waals surface area contributed by atoms with E-state index in [9.17, 15) is 13.2 Å². The zero-order valence-corrected chi connectivity index (χ0v) is 14.8. The molecule has 0 aliphatic carbocycles. The Morgan fingerprint density at radius 1 is 1.41 bits per heavy atom. The van der Waals surface area contributed by atoms with Gasteiger partial charge in [-0.05, 0) is 19.8 Å². The molecule has 0 bridgehead atoms. The number of aryl methyl sites for hydroxylation is 1. The van der Waals surface area contributed by atoms with E-state index in [1.807, 2.05) is 13.8 Å². The zero-order chi connectivity index (χ0) is 16.3. The average Bonchev–Trinajstić information content (AvgIpc) is 2.87. The summed E-state index contributed by atoms with van der Waals surface area (Å²) in [5, 5.41) is 0. The summed E-state index contributed by atoms with van der Waals surface area (Å²) in [7, 11) is -2.64. The maximum atomic E-state index is 12.5. The van der Waals surface area contributed by atoms with Gasteiger partial charge in [-0.1, -0.05) is 13.8 Å². The third-order valence-electron chi connectivity index (χ3n) is 3.64. The summed E-state index contributed by atoms with van der Waals surface area (Å²) in [5.41, 5.74) is 4.99. The van der Waals surface area contributed by atoms with E-state index in [1.165, 1.54) is 14.0 Å². The van der Waals surface area contributed by atoms with Crippen molar-refractivity contribution in [2.75, 3.05) is 13.7 Å². The number of sulfonamides is 1. The van der Waals surface area contributed by atoms with Crippen LogP contribution < -0.4 is 10.5 Å². The first kappa shape index (κ1) is 20.9. The van der Waals surface area contributed by atoms with E-state index < -0.39 is 21.5 Å². The standard InChI is InChI=1S/C13H22N2O5S.ClH/c1-5-13(6-2,8-14)15-21(17,18)11-7-10(12(16)19-4)20-9(11)3;/h7,15H,5-6,8,14H2,1-4H3;1H. The van der Waals surface area contributed by atoms with Gasteiger partial charge in [0, 0.05) is 18.2 Å². The summed E-state index contributed by atoms with van der Waals surface area (Å²) in [6, 6.07) is 1.16. The third-order valence-corrected chi connectivity index (χ3v) is 5.33. The smallest absolute Gasteiger partial charge is 0.373 e. The lowest BCUT2D eigenvalue weighted by molar-refractivity contribution is 0.0563. The van der Waals surface area contributed by atoms with Gasteiger partial charge in [0.15, 0.2) is 0 Å². The van der Waals surface area contributed by atoms with Gasteiger partial charge in [0.2, 0.25) is 15.8 Å². The van der Waals surface area contributed by atoms with Crippen LogP contribution in [-0.4, -0.2) is 33.6 Å². The largest absolute Gasteiger partial charge is 0.463 e. The molecule has 1 rings (SSSR count). The maximum Gasteiger partial charge on any atom is 0.373 e. The molecule has 1 aromatic rings. The molecule has 0 fully saturated rings. The third kappa shape index (κ3) is 4.22. The van der Waals surface area contributed by atoms with E-state index in [1.54, 1.807) is 0 Å². The second-order valence-corrected chi connectivity index (χ2v) is 6.47. The number of carbonyl (C=O) groups excluding carboxylic acids is 1. The molecule has 128 valence electrons. The minimum absolute atomic E-state index is 0. The van der Waals surface area contributed by atoms with Gasteiger partial charge < -0.3 is 14.9 Å². The fourth-order valence-corrected chi connectivity index (χ4v) is 3.73. The van der Waals surface area contributed by atoms with Gasteiger partial charge >= 0.3 is 5.97 Å². The van der Waals surface area contributed by atoms with Crippen LogP contribution in [-0.2, 0) is 14.8 Å². The molecular weight excluding hydrogens is 332 g/mol. The highest BCUT2D eigenvalue weighted by atomic mass is 35.5. The lowest BCUT2D eigenvalue weighted by Gasteiger charge is -2.30. The summed E-state index contributed by atoms with van der Waals surface area (Å²) in [6.07, 6.45) is 1.11. The van der Waals surface area contributed by atoms with Crippen LogP contribution in [0.2, 0.25) is 0 Å². The van der Waals surface area contributed by atoms with Crippen LogP contribution in [0.5, 0.6) is 0 Å². The minimum atomic E-state index is -3.84. The zero-order valence-electron chi connectivity index (χ0n) is 13.1. The maximum absolute atomic E-state index is 12.5. The molecule has 0 aromatic carbocycles. The normalized spacial score (nSPS) is 11.9. The van der Waals surface area contributed by atoms with Gasteiger partial charge in [-0.3, -0.25) is 0 Å². The second kappa shape index (κ2) is 7.96. The Kier molecular flexibility index (Phi) is 7.56. The Morgan fingerprint density at radius 3 is 2.36 bits per heavy atom. The van der Waals surface area contributed by atoms with Crippen molar-refractivity contribution in [1.82, 2.24) is 4.72 Å². The van der Waals surface area contributed by atoms with Crippen molar-refractivity contribution in [3.8, 4) is 0 Å². The molecule has 7 nitrogen and oxygen atoms in total. The fraction of sp³-hybridized carbons (Fsp3) is 0.615. The predicted octanol–water partition coefficient (Wildman–Crippen LogP) is 1.59. The molecule has 0 unspecified atom stereocenters. The number of nitrogens with one attached hydrogen (secondary N) is 1. The molecule has 0 atom stereocenters. The summed E-state index contributed by atoms with van der Waals surface area (Å²) in [6.45, 7) is 5.38. The van der Waals surface area contributed by atoms with Crippen LogP contribution in [0.25, 0.3) is 0 Å². The highest BCUT2D eigenvalue weighted by Crippen LogP contribution is 2.24. The van der Waals surface area contributed by atoms with Crippen molar-refractivity contribution < 1.29 is 22.4 Å². The van der Waals surface area contributed by atoms with E-state index >= 15 is 0 Å². The molecule has 0 saturated carbocycles. The number of hydrogen-bond donors (Lipinski definition) is 2. The Hall–Kier alpha value is -1.09. The number of esters is 1. The first-order valence-corrected chi connectivity index (χ1v) is 8.16. The van der Waals surface area contributed by atoms with E-state index in [4.69, 9.17) is 10.2 Å². The Morgan fingerprint density at radius 2 is 1.95 bits per heavy atom. The number of nitrogens with two attached hydrogens (primary N) is 1. The summed E-state index contributed by atoms with van der Waals surface area (Å²) >= 11 is 0. The molecule has 9 heteroatoms. The van der Waals surface area contributed by atoms with Gasteiger partial charge in [-0.2, -0.15) is 0 Å². The van der Waals surface area contributed by atoms with Gasteiger partial charge in [-0.15, -0.1) is 12.4 Å². The Labute approximate surface area is 137 Å². The van der Waals surface area contributed by atoms with Crippen LogP contribution >= 0.6 is 12.4 Å². The van der Waals surface area contributed by atoms with Crippen LogP contribution in [0.3, 0.4) is 0 Å². The van der Waals surface area contributed by atoms with E-state index in [-0.39, 0.29) is 35.4 Å². The predicted molar refractivity (Wildman–Crippen MR) is 84.7 cm³/mol. The molecule has 0 radical (unpaired) electrons. The molecule has 1 aromatic heterocycles. The number of carbonyl (C=O) groups is 1. The topological polar surface area (TPSA) is 112 Å². The minimum Gasteiger partial charge on any atom is -0.463 e. The molecule has 3 N–H and O–H groups in total. The van der Waals surface area contributed by atoms with Gasteiger partial charge in [0.05, 0.1) is 7.11 Å². The number of ether oxygens (including phenoxy) is 1. The number of furan rings is 1. The molecule has 1 heterocycles. The van der Waals surface area contributed by atoms with Crippen molar-refractivity contribution in [2.24, 2.45) is 5.73 Å². The van der Waals surface area contributed by atoms with Gasteiger partial charge in [-0.25, -0.2) is 17.9 Å². The molecule has 0 aliphatic heterocycles. The number of halogens is 1. The number of rotatable bonds is 7. The summed E-state index contributed by atoms with van der Waals surface area (Å²) in [4.78, 5) is 11.3. The molecular formula is C13H23ClN2O5S. The highest BCUT2D eigenvalue weighted by Gasteiger charge is 2.33. The van der Waals surface area contributed by atoms with Crippen molar-refractivity contribution in [1.29, 1.82) is 0 Å². The van der Waals surface area contributed by atoms with Gasteiger partial charge in [0.1, 0.15) is 10.7 Å². The number of hydrogen-bond acceptors (Lipinski definition) is 6. The molecule has 0 amide bonds. The van der Waals surface area contributed by atoms with Crippen molar-refractivity contribution in [3.63, 3.8) is 0 Å². The van der Waals surface area contributed by atoms with E-state index in [2.05, 4.69) is 9.46 Å². The highest BCUT2D eigenvalue weighted by molar-refractivity contribution is 7.89. The SMILES string of the molecule is CCC(CC)(CN)NS(=O)(=O)c1cc(C(=O)OC)oc1C.Cl. The van der Waals surface area contributed by atoms with E-state index in [0.29, 0.717) is 12.8 Å². The van der Waals surface area contributed by atoms with E-state index in [0.717, 1.165) is 6.07 Å². The molecule has 22 heavy (non-hydrogen) atoms. The molecule has 0 saturated heterocycles. The van der Waals surface area contributed by atoms with Crippen molar-refractivity contribution >= 4 is 28.4 Å². The van der Waals surface area contributed by atoms with Crippen molar-refractivity contribution in [2.45, 2.75) is 44.0 Å². The molecule has 0 spiro atoms. The average molecular weight is 355 g/mol. The first-order chi connectivity index (χ1) is 9.75. The van der Waals surface area contributed by atoms with Crippen LogP contribution in [0, 0.1) is 6.92 Å². The molecule has 0 aliphatic rings.